The van der Waals surface area contributed by atoms with Gasteiger partial charge in [-0.2, -0.15) is 0 Å². The zero-order chi connectivity index (χ0) is 18.1. The number of hydrogen-bond acceptors (Lipinski definition) is 4. The summed E-state index contributed by atoms with van der Waals surface area (Å²) in [6.45, 7) is 5.68. The molecule has 2 amide bonds. The molecule has 0 bridgehead atoms. The minimum absolute atomic E-state index is 0.151. The Balaban J connectivity index is 1.28. The maximum Gasteiger partial charge on any atom is 0.254 e. The van der Waals surface area contributed by atoms with Crippen LogP contribution in [0.5, 0.6) is 0 Å². The van der Waals surface area contributed by atoms with Gasteiger partial charge in [-0.1, -0.05) is 0 Å². The van der Waals surface area contributed by atoms with E-state index in [1.165, 1.54) is 4.88 Å². The molecule has 1 aromatic heterocycles. The maximum atomic E-state index is 12.6. The van der Waals surface area contributed by atoms with E-state index in [9.17, 15) is 9.59 Å². The van der Waals surface area contributed by atoms with Crippen molar-refractivity contribution in [3.8, 4) is 0 Å². The predicted molar refractivity (Wildman–Crippen MR) is 103 cm³/mol. The van der Waals surface area contributed by atoms with Crippen LogP contribution in [0.3, 0.4) is 0 Å². The molecule has 1 saturated carbocycles. The van der Waals surface area contributed by atoms with Gasteiger partial charge in [0.05, 0.1) is 11.5 Å². The lowest BCUT2D eigenvalue weighted by Crippen LogP contribution is -2.51. The van der Waals surface area contributed by atoms with Crippen LogP contribution in [0.1, 0.15) is 53.8 Å². The zero-order valence-electron chi connectivity index (χ0n) is 15.6. The molecular weight excluding hydrogens is 346 g/mol. The Bertz CT molecular complexity index is 662. The van der Waals surface area contributed by atoms with Crippen molar-refractivity contribution in [3.05, 3.63) is 21.9 Å². The van der Waals surface area contributed by atoms with Crippen molar-refractivity contribution in [3.63, 3.8) is 0 Å². The first-order valence-electron chi connectivity index (χ1n) is 9.99. The van der Waals surface area contributed by atoms with Crippen molar-refractivity contribution < 1.29 is 9.59 Å². The highest BCUT2D eigenvalue weighted by Gasteiger charge is 2.34. The van der Waals surface area contributed by atoms with Crippen LogP contribution < -0.4 is 5.32 Å². The molecular formula is C20H29N3O2S. The first kappa shape index (κ1) is 18.0. The van der Waals surface area contributed by atoms with E-state index < -0.39 is 0 Å². The topological polar surface area (TPSA) is 52.7 Å². The van der Waals surface area contributed by atoms with Crippen LogP contribution in [0.15, 0.2) is 11.4 Å². The second-order valence-electron chi connectivity index (χ2n) is 8.09. The van der Waals surface area contributed by atoms with Gasteiger partial charge in [0.15, 0.2) is 0 Å². The molecule has 1 atom stereocenters. The number of piperidine rings is 2. The highest BCUT2D eigenvalue weighted by Crippen LogP contribution is 2.26. The van der Waals surface area contributed by atoms with Gasteiger partial charge in [0.2, 0.25) is 5.91 Å². The number of thiophene rings is 1. The summed E-state index contributed by atoms with van der Waals surface area (Å²) in [5, 5.41) is 5.14. The number of amides is 2. The minimum Gasteiger partial charge on any atom is -0.353 e. The molecule has 26 heavy (non-hydrogen) atoms. The van der Waals surface area contributed by atoms with Gasteiger partial charge >= 0.3 is 0 Å². The Labute approximate surface area is 159 Å². The van der Waals surface area contributed by atoms with Gasteiger partial charge < -0.3 is 10.2 Å². The summed E-state index contributed by atoms with van der Waals surface area (Å²) in [6, 6.07) is 2.96. The molecule has 2 saturated heterocycles. The van der Waals surface area contributed by atoms with Crippen molar-refractivity contribution >= 4 is 23.2 Å². The standard InChI is InChI=1S/C20H29N3O2S/c1-14-11-16(13-26-14)20(25)22-9-6-18(7-10-22)23-8-2-3-15(12-23)19(24)21-17-4-5-17/h11,13,15,17-18H,2-10,12H2,1H3,(H,21,24)/t15-/m1/s1. The lowest BCUT2D eigenvalue weighted by molar-refractivity contribution is -0.127. The second kappa shape index (κ2) is 7.69. The summed E-state index contributed by atoms with van der Waals surface area (Å²) >= 11 is 1.64. The summed E-state index contributed by atoms with van der Waals surface area (Å²) in [4.78, 5) is 30.7. The summed E-state index contributed by atoms with van der Waals surface area (Å²) in [7, 11) is 0. The van der Waals surface area contributed by atoms with Gasteiger partial charge in [0.25, 0.3) is 5.91 Å². The van der Waals surface area contributed by atoms with E-state index in [2.05, 4.69) is 10.2 Å². The van der Waals surface area contributed by atoms with Crippen LogP contribution >= 0.6 is 11.3 Å². The summed E-state index contributed by atoms with van der Waals surface area (Å²) in [5.74, 6) is 0.587. The monoisotopic (exact) mass is 375 g/mol. The molecule has 3 fully saturated rings. The zero-order valence-corrected chi connectivity index (χ0v) is 16.4. The molecule has 1 N–H and O–H groups in total. The van der Waals surface area contributed by atoms with E-state index in [1.54, 1.807) is 11.3 Å². The predicted octanol–water partition coefficient (Wildman–Crippen LogP) is 2.65. The van der Waals surface area contributed by atoms with Crippen LogP contribution in [0.25, 0.3) is 0 Å². The Kier molecular flexibility index (Phi) is 5.32. The van der Waals surface area contributed by atoms with Gasteiger partial charge in [-0.15, -0.1) is 11.3 Å². The quantitative estimate of drug-likeness (QED) is 0.880. The van der Waals surface area contributed by atoms with Gasteiger partial charge in [0.1, 0.15) is 0 Å². The molecule has 6 heteroatoms. The molecule has 2 aliphatic heterocycles. The highest BCUT2D eigenvalue weighted by atomic mass is 32.1. The van der Waals surface area contributed by atoms with E-state index >= 15 is 0 Å². The molecule has 3 heterocycles. The lowest BCUT2D eigenvalue weighted by Gasteiger charge is -2.42. The van der Waals surface area contributed by atoms with Crippen molar-refractivity contribution in [2.24, 2.45) is 5.92 Å². The third-order valence-corrected chi connectivity index (χ3v) is 6.85. The number of carbonyl (C=O) groups is 2. The first-order chi connectivity index (χ1) is 12.6. The molecule has 0 spiro atoms. The smallest absolute Gasteiger partial charge is 0.254 e. The first-order valence-corrected chi connectivity index (χ1v) is 10.9. The van der Waals surface area contributed by atoms with Gasteiger partial charge in [-0.05, 0) is 58.1 Å². The van der Waals surface area contributed by atoms with Crippen LogP contribution in [0.2, 0.25) is 0 Å². The van der Waals surface area contributed by atoms with Gasteiger partial charge in [-0.25, -0.2) is 0 Å². The lowest BCUT2D eigenvalue weighted by atomic mass is 9.93. The number of nitrogens with one attached hydrogen (secondary N) is 1. The average Bonchev–Trinajstić information content (AvgIpc) is 3.38. The second-order valence-corrected chi connectivity index (χ2v) is 9.20. The number of likely N-dealkylation sites (tertiary alicyclic amines) is 2. The molecule has 5 nitrogen and oxygen atoms in total. The van der Waals surface area contributed by atoms with Crippen molar-refractivity contribution in [2.45, 2.75) is 57.5 Å². The SMILES string of the molecule is Cc1cc(C(=O)N2CCC(N3CCC[C@@H](C(=O)NC4CC4)C3)CC2)cs1. The Morgan fingerprint density at radius 2 is 1.88 bits per heavy atom. The van der Waals surface area contributed by atoms with E-state index in [0.29, 0.717) is 12.1 Å². The number of hydrogen-bond donors (Lipinski definition) is 1. The van der Waals surface area contributed by atoms with E-state index in [0.717, 1.165) is 70.3 Å². The van der Waals surface area contributed by atoms with E-state index in [-0.39, 0.29) is 17.7 Å². The third kappa shape index (κ3) is 4.12. The molecule has 1 aromatic rings. The summed E-state index contributed by atoms with van der Waals surface area (Å²) < 4.78 is 0. The van der Waals surface area contributed by atoms with Crippen LogP contribution in [0, 0.1) is 12.8 Å². The van der Waals surface area contributed by atoms with Gasteiger partial charge in [-0.3, -0.25) is 14.5 Å². The van der Waals surface area contributed by atoms with Crippen molar-refractivity contribution in [2.75, 3.05) is 26.2 Å². The Hall–Kier alpha value is -1.40. The fraction of sp³-hybridized carbons (Fsp3) is 0.700. The van der Waals surface area contributed by atoms with Crippen molar-refractivity contribution in [1.29, 1.82) is 0 Å². The van der Waals surface area contributed by atoms with Crippen LogP contribution in [-0.4, -0.2) is 59.9 Å². The van der Waals surface area contributed by atoms with Gasteiger partial charge in [0, 0.05) is 42.0 Å². The van der Waals surface area contributed by atoms with Crippen molar-refractivity contribution in [1.82, 2.24) is 15.1 Å². The molecule has 0 aromatic carbocycles. The maximum absolute atomic E-state index is 12.6. The Morgan fingerprint density at radius 1 is 1.12 bits per heavy atom. The third-order valence-electron chi connectivity index (χ3n) is 5.99. The van der Waals surface area contributed by atoms with Crippen LogP contribution in [0.4, 0.5) is 0 Å². The molecule has 142 valence electrons. The molecule has 0 radical (unpaired) electrons. The van der Waals surface area contributed by atoms with E-state index in [1.807, 2.05) is 23.3 Å². The van der Waals surface area contributed by atoms with Crippen LogP contribution in [-0.2, 0) is 4.79 Å². The number of nitrogens with zero attached hydrogens (tertiary/aromatic N) is 2. The summed E-state index contributed by atoms with van der Waals surface area (Å²) in [5.41, 5.74) is 0.834. The largest absolute Gasteiger partial charge is 0.353 e. The van der Waals surface area contributed by atoms with E-state index in [4.69, 9.17) is 0 Å². The minimum atomic E-state index is 0.151. The normalized spacial score (nSPS) is 25.3. The highest BCUT2D eigenvalue weighted by molar-refractivity contribution is 7.10. The molecule has 4 rings (SSSR count). The number of aryl methyl sites for hydroxylation is 1. The average molecular weight is 376 g/mol. The molecule has 3 aliphatic rings. The molecule has 1 aliphatic carbocycles. The Morgan fingerprint density at radius 3 is 2.54 bits per heavy atom. The molecule has 0 unspecified atom stereocenters. The fourth-order valence-electron chi connectivity index (χ4n) is 4.27. The number of carbonyl (C=O) groups excluding carboxylic acids is 2. The number of rotatable bonds is 4. The fourth-order valence-corrected chi connectivity index (χ4v) is 4.95. The summed E-state index contributed by atoms with van der Waals surface area (Å²) in [6.07, 6.45) is 6.47.